The number of hydrogen-bond donors (Lipinski definition) is 6. The van der Waals surface area contributed by atoms with Crippen molar-refractivity contribution in [1.82, 2.24) is 11.0 Å². The Balaban J connectivity index is 3.11. The standard InChI is InChI=1S/C10H14N2O8/c13-6(11-19)2-3-4(8(14)12-20)1-5(9(15)16)7(3)10(17)18/h3-5,7,19-20H,1-2H2,(H,11,13)(H,12,14)(H,15,16)(H,17,18). The maximum Gasteiger partial charge on any atom is 0.307 e. The van der Waals surface area contributed by atoms with Gasteiger partial charge in [-0.1, -0.05) is 0 Å². The van der Waals surface area contributed by atoms with Crippen LogP contribution >= 0.6 is 0 Å². The monoisotopic (exact) mass is 290 g/mol. The molecule has 1 rings (SSSR count). The number of carbonyl (C=O) groups is 4. The molecule has 112 valence electrons. The van der Waals surface area contributed by atoms with Gasteiger partial charge in [0, 0.05) is 12.3 Å². The highest BCUT2D eigenvalue weighted by Crippen LogP contribution is 2.44. The SMILES string of the molecule is O=C(CC1C(C(=O)NO)CC(C(=O)O)C1C(=O)O)NO. The lowest BCUT2D eigenvalue weighted by Crippen LogP contribution is -2.37. The van der Waals surface area contributed by atoms with Crippen LogP contribution in [0.15, 0.2) is 0 Å². The van der Waals surface area contributed by atoms with Gasteiger partial charge in [-0.15, -0.1) is 0 Å². The molecule has 1 fully saturated rings. The summed E-state index contributed by atoms with van der Waals surface area (Å²) in [5.74, 6) is -9.88. The molecule has 10 nitrogen and oxygen atoms in total. The first-order valence-electron chi connectivity index (χ1n) is 5.66. The molecule has 0 radical (unpaired) electrons. The van der Waals surface area contributed by atoms with Gasteiger partial charge in [0.1, 0.15) is 0 Å². The highest BCUT2D eigenvalue weighted by Gasteiger charge is 2.53. The Labute approximate surface area is 112 Å². The minimum Gasteiger partial charge on any atom is -0.481 e. The molecule has 0 saturated heterocycles. The van der Waals surface area contributed by atoms with Crippen molar-refractivity contribution in [3.8, 4) is 0 Å². The molecular formula is C10H14N2O8. The summed E-state index contributed by atoms with van der Waals surface area (Å²) < 4.78 is 0. The van der Waals surface area contributed by atoms with Crippen molar-refractivity contribution in [3.05, 3.63) is 0 Å². The number of rotatable bonds is 5. The van der Waals surface area contributed by atoms with Crippen LogP contribution in [0.5, 0.6) is 0 Å². The van der Waals surface area contributed by atoms with E-state index < -0.39 is 53.8 Å². The zero-order valence-electron chi connectivity index (χ0n) is 10.1. The third kappa shape index (κ3) is 3.03. The Hall–Kier alpha value is -2.20. The molecule has 0 aromatic rings. The van der Waals surface area contributed by atoms with Gasteiger partial charge in [-0.3, -0.25) is 29.6 Å². The Kier molecular flexibility index (Phi) is 5.00. The smallest absolute Gasteiger partial charge is 0.307 e. The molecule has 0 bridgehead atoms. The van der Waals surface area contributed by atoms with Gasteiger partial charge >= 0.3 is 11.9 Å². The van der Waals surface area contributed by atoms with E-state index in [0.717, 1.165) is 0 Å². The van der Waals surface area contributed by atoms with Gasteiger partial charge < -0.3 is 10.2 Å². The number of amides is 2. The summed E-state index contributed by atoms with van der Waals surface area (Å²) in [5.41, 5.74) is 2.63. The molecule has 0 spiro atoms. The van der Waals surface area contributed by atoms with E-state index >= 15 is 0 Å². The average Bonchev–Trinajstić information content (AvgIpc) is 2.77. The van der Waals surface area contributed by atoms with Crippen molar-refractivity contribution >= 4 is 23.8 Å². The van der Waals surface area contributed by atoms with Gasteiger partial charge in [0.05, 0.1) is 11.8 Å². The molecule has 0 heterocycles. The average molecular weight is 290 g/mol. The van der Waals surface area contributed by atoms with Crippen LogP contribution < -0.4 is 11.0 Å². The van der Waals surface area contributed by atoms with Crippen LogP contribution in [0.2, 0.25) is 0 Å². The first-order chi connectivity index (χ1) is 9.33. The lowest BCUT2D eigenvalue weighted by Gasteiger charge is -2.20. The van der Waals surface area contributed by atoms with Crippen molar-refractivity contribution in [1.29, 1.82) is 0 Å². The minimum atomic E-state index is -1.47. The van der Waals surface area contributed by atoms with Crippen LogP contribution in [0.25, 0.3) is 0 Å². The van der Waals surface area contributed by atoms with E-state index in [2.05, 4.69) is 0 Å². The van der Waals surface area contributed by atoms with Gasteiger partial charge in [0.15, 0.2) is 0 Å². The largest absolute Gasteiger partial charge is 0.481 e. The van der Waals surface area contributed by atoms with Crippen LogP contribution in [-0.4, -0.2) is 44.4 Å². The van der Waals surface area contributed by atoms with E-state index in [1.165, 1.54) is 11.0 Å². The van der Waals surface area contributed by atoms with Crippen LogP contribution in [0.3, 0.4) is 0 Å². The minimum absolute atomic E-state index is 0.317. The zero-order valence-corrected chi connectivity index (χ0v) is 10.1. The highest BCUT2D eigenvalue weighted by atomic mass is 16.5. The van der Waals surface area contributed by atoms with Gasteiger partial charge in [-0.25, -0.2) is 11.0 Å². The number of carboxylic acids is 2. The molecule has 2 amide bonds. The third-order valence-corrected chi connectivity index (χ3v) is 3.51. The molecule has 6 N–H and O–H groups in total. The number of nitrogens with one attached hydrogen (secondary N) is 2. The molecule has 0 aliphatic heterocycles. The fourth-order valence-electron chi connectivity index (χ4n) is 2.67. The Morgan fingerprint density at radius 3 is 1.95 bits per heavy atom. The molecule has 1 saturated carbocycles. The second-order valence-electron chi connectivity index (χ2n) is 4.53. The number of aliphatic carboxylic acids is 2. The Bertz CT molecular complexity index is 437. The second-order valence-corrected chi connectivity index (χ2v) is 4.53. The number of carbonyl (C=O) groups excluding carboxylic acids is 2. The summed E-state index contributed by atoms with van der Waals surface area (Å²) in [7, 11) is 0. The third-order valence-electron chi connectivity index (χ3n) is 3.51. The molecule has 4 atom stereocenters. The predicted molar refractivity (Wildman–Crippen MR) is 58.3 cm³/mol. The van der Waals surface area contributed by atoms with E-state index in [1.807, 2.05) is 0 Å². The van der Waals surface area contributed by atoms with E-state index in [4.69, 9.17) is 20.6 Å². The predicted octanol–water partition coefficient (Wildman–Crippen LogP) is -1.57. The zero-order chi connectivity index (χ0) is 15.4. The van der Waals surface area contributed by atoms with Crippen molar-refractivity contribution in [2.45, 2.75) is 12.8 Å². The molecule has 0 aromatic carbocycles. The van der Waals surface area contributed by atoms with Gasteiger partial charge in [0.2, 0.25) is 11.8 Å². The van der Waals surface area contributed by atoms with E-state index in [-0.39, 0.29) is 6.42 Å². The summed E-state index contributed by atoms with van der Waals surface area (Å²) in [6, 6.07) is 0. The summed E-state index contributed by atoms with van der Waals surface area (Å²) in [6.07, 6.45) is -0.864. The summed E-state index contributed by atoms with van der Waals surface area (Å²) in [4.78, 5) is 44.9. The quantitative estimate of drug-likeness (QED) is 0.260. The van der Waals surface area contributed by atoms with Crippen LogP contribution in [0.1, 0.15) is 12.8 Å². The lowest BCUT2D eigenvalue weighted by atomic mass is 9.84. The first-order valence-corrected chi connectivity index (χ1v) is 5.66. The fourth-order valence-corrected chi connectivity index (χ4v) is 2.67. The van der Waals surface area contributed by atoms with E-state index in [9.17, 15) is 19.2 Å². The number of carboxylic acid groups (broad SMARTS) is 2. The second kappa shape index (κ2) is 6.30. The van der Waals surface area contributed by atoms with Gasteiger partial charge in [-0.05, 0) is 12.3 Å². The van der Waals surface area contributed by atoms with Crippen molar-refractivity contribution < 1.29 is 39.8 Å². The van der Waals surface area contributed by atoms with E-state index in [1.54, 1.807) is 0 Å². The summed E-state index contributed by atoms with van der Waals surface area (Å²) in [6.45, 7) is 0. The lowest BCUT2D eigenvalue weighted by molar-refractivity contribution is -0.154. The Morgan fingerprint density at radius 2 is 1.55 bits per heavy atom. The molecule has 1 aliphatic carbocycles. The van der Waals surface area contributed by atoms with Gasteiger partial charge in [-0.2, -0.15) is 0 Å². The van der Waals surface area contributed by atoms with Crippen LogP contribution in [0, 0.1) is 23.7 Å². The van der Waals surface area contributed by atoms with Crippen molar-refractivity contribution in [2.24, 2.45) is 23.7 Å². The highest BCUT2D eigenvalue weighted by molar-refractivity contribution is 5.87. The maximum atomic E-state index is 11.5. The molecular weight excluding hydrogens is 276 g/mol. The first kappa shape index (κ1) is 15.9. The normalized spacial score (nSPS) is 28.7. The van der Waals surface area contributed by atoms with Crippen LogP contribution in [0.4, 0.5) is 0 Å². The molecule has 20 heavy (non-hydrogen) atoms. The molecule has 0 aromatic heterocycles. The summed E-state index contributed by atoms with van der Waals surface area (Å²) in [5, 5.41) is 35.2. The van der Waals surface area contributed by atoms with Crippen molar-refractivity contribution in [2.75, 3.05) is 0 Å². The number of hydrogen-bond acceptors (Lipinski definition) is 6. The maximum absolute atomic E-state index is 11.5. The molecule has 1 aliphatic rings. The summed E-state index contributed by atoms with van der Waals surface area (Å²) >= 11 is 0. The van der Waals surface area contributed by atoms with Gasteiger partial charge in [0.25, 0.3) is 0 Å². The topological polar surface area (TPSA) is 173 Å². The number of hydroxylamine groups is 2. The Morgan fingerprint density at radius 1 is 0.950 bits per heavy atom. The molecule has 4 unspecified atom stereocenters. The van der Waals surface area contributed by atoms with E-state index in [0.29, 0.717) is 0 Å². The molecule has 10 heteroatoms. The van der Waals surface area contributed by atoms with Crippen LogP contribution in [-0.2, 0) is 19.2 Å². The van der Waals surface area contributed by atoms with Crippen molar-refractivity contribution in [3.63, 3.8) is 0 Å². The fraction of sp³-hybridized carbons (Fsp3) is 0.600.